The van der Waals surface area contributed by atoms with Gasteiger partial charge in [0.05, 0.1) is 36.4 Å². The SMILES string of the molecule is CC1CCOC(=O)C=C/C=C/C(=O)OC2CC3OC4C5OC5(C)CCC4(COC(=O)C1O)C2(C)C31CO1. The first kappa shape index (κ1) is 25.0. The van der Waals surface area contributed by atoms with Crippen LogP contribution in [0.3, 0.4) is 0 Å². The number of carbonyl (C=O) groups excluding carboxylic acids is 3. The molecule has 37 heavy (non-hydrogen) atoms. The monoisotopic (exact) mass is 518 g/mol. The van der Waals surface area contributed by atoms with Gasteiger partial charge in [-0.05, 0) is 32.1 Å². The number of cyclic esters (lactones) is 2. The van der Waals surface area contributed by atoms with E-state index in [1.807, 2.05) is 0 Å². The molecule has 0 amide bonds. The van der Waals surface area contributed by atoms with E-state index in [4.69, 9.17) is 28.4 Å². The molecule has 4 aliphatic heterocycles. The summed E-state index contributed by atoms with van der Waals surface area (Å²) in [6.07, 6.45) is 4.66. The summed E-state index contributed by atoms with van der Waals surface area (Å²) in [4.78, 5) is 37.7. The molecule has 5 fully saturated rings. The molecule has 10 heteroatoms. The maximum Gasteiger partial charge on any atom is 0.335 e. The molecule has 4 heterocycles. The van der Waals surface area contributed by atoms with Crippen molar-refractivity contribution in [3.63, 3.8) is 0 Å². The van der Waals surface area contributed by atoms with Crippen LogP contribution in [0.25, 0.3) is 0 Å². The summed E-state index contributed by atoms with van der Waals surface area (Å²) in [7, 11) is 0. The van der Waals surface area contributed by atoms with Gasteiger partial charge in [-0.25, -0.2) is 14.4 Å². The van der Waals surface area contributed by atoms with Gasteiger partial charge in [0.15, 0.2) is 6.10 Å². The van der Waals surface area contributed by atoms with E-state index in [0.29, 0.717) is 19.4 Å². The molecule has 10 atom stereocenters. The number of epoxide rings is 2. The highest BCUT2D eigenvalue weighted by molar-refractivity contribution is 5.84. The van der Waals surface area contributed by atoms with Crippen LogP contribution in [0.5, 0.6) is 0 Å². The Balaban J connectivity index is 1.37. The highest BCUT2D eigenvalue weighted by Gasteiger charge is 2.86. The lowest BCUT2D eigenvalue weighted by atomic mass is 9.50. The van der Waals surface area contributed by atoms with Gasteiger partial charge in [0.1, 0.15) is 24.4 Å². The fourth-order valence-electron chi connectivity index (χ4n) is 7.36. The Morgan fingerprint density at radius 1 is 0.946 bits per heavy atom. The van der Waals surface area contributed by atoms with Crippen LogP contribution >= 0.6 is 0 Å². The third kappa shape index (κ3) is 3.56. The summed E-state index contributed by atoms with van der Waals surface area (Å²) in [5, 5.41) is 10.7. The largest absolute Gasteiger partial charge is 0.463 e. The molecule has 202 valence electrons. The molecular formula is C27H34O10. The van der Waals surface area contributed by atoms with Gasteiger partial charge in [-0.3, -0.25) is 0 Å². The van der Waals surface area contributed by atoms with Crippen molar-refractivity contribution in [1.29, 1.82) is 0 Å². The Bertz CT molecular complexity index is 1060. The molecule has 0 aromatic carbocycles. The van der Waals surface area contributed by atoms with E-state index in [1.54, 1.807) is 6.92 Å². The molecular weight excluding hydrogens is 484 g/mol. The van der Waals surface area contributed by atoms with E-state index in [-0.39, 0.29) is 43.5 Å². The summed E-state index contributed by atoms with van der Waals surface area (Å²) in [6.45, 7) is 6.30. The number of esters is 3. The summed E-state index contributed by atoms with van der Waals surface area (Å²) < 4.78 is 35.9. The van der Waals surface area contributed by atoms with Crippen molar-refractivity contribution in [3.8, 4) is 0 Å². The van der Waals surface area contributed by atoms with E-state index in [1.165, 1.54) is 24.3 Å². The number of carbonyl (C=O) groups is 3. The number of ether oxygens (including phenoxy) is 6. The fraction of sp³-hybridized carbons (Fsp3) is 0.741. The normalized spacial score (nSPS) is 52.1. The van der Waals surface area contributed by atoms with E-state index in [9.17, 15) is 19.5 Å². The molecule has 0 aromatic rings. The van der Waals surface area contributed by atoms with Crippen LogP contribution in [-0.4, -0.2) is 84.6 Å². The van der Waals surface area contributed by atoms with Crippen molar-refractivity contribution in [1.82, 2.24) is 0 Å². The molecule has 0 aromatic heterocycles. The zero-order valence-corrected chi connectivity index (χ0v) is 21.3. The molecule has 10 nitrogen and oxygen atoms in total. The Kier molecular flexibility index (Phi) is 5.66. The number of aliphatic hydroxyl groups excluding tert-OH is 1. The second-order valence-electron chi connectivity index (χ2n) is 11.8. The Hall–Kier alpha value is -2.27. The average Bonchev–Trinajstić information content (AvgIpc) is 3.77. The Morgan fingerprint density at radius 3 is 2.41 bits per heavy atom. The topological polar surface area (TPSA) is 133 Å². The Labute approximate surface area is 215 Å². The van der Waals surface area contributed by atoms with Crippen LogP contribution in [-0.2, 0) is 42.8 Å². The molecule has 6 rings (SSSR count). The number of aliphatic hydroxyl groups is 1. The molecule has 2 saturated carbocycles. The number of fused-ring (bicyclic) bond motifs is 2. The quantitative estimate of drug-likeness (QED) is 0.285. The number of rotatable bonds is 0. The predicted molar refractivity (Wildman–Crippen MR) is 125 cm³/mol. The Morgan fingerprint density at radius 2 is 1.68 bits per heavy atom. The smallest absolute Gasteiger partial charge is 0.335 e. The zero-order chi connectivity index (χ0) is 26.2. The van der Waals surface area contributed by atoms with Crippen molar-refractivity contribution in [2.24, 2.45) is 16.7 Å². The van der Waals surface area contributed by atoms with Crippen molar-refractivity contribution >= 4 is 17.9 Å². The lowest BCUT2D eigenvalue weighted by Crippen LogP contribution is -2.69. The second-order valence-corrected chi connectivity index (χ2v) is 11.8. The first-order chi connectivity index (χ1) is 17.6. The first-order valence-corrected chi connectivity index (χ1v) is 13.1. The molecule has 2 aliphatic carbocycles. The van der Waals surface area contributed by atoms with E-state index in [2.05, 4.69) is 13.8 Å². The maximum atomic E-state index is 13.0. The third-order valence-electron chi connectivity index (χ3n) is 10.0. The van der Waals surface area contributed by atoms with Crippen LogP contribution < -0.4 is 0 Å². The average molecular weight is 519 g/mol. The maximum absolute atomic E-state index is 13.0. The summed E-state index contributed by atoms with van der Waals surface area (Å²) in [5.74, 6) is -2.38. The van der Waals surface area contributed by atoms with Crippen LogP contribution in [0.1, 0.15) is 46.5 Å². The van der Waals surface area contributed by atoms with Gasteiger partial charge < -0.3 is 33.5 Å². The van der Waals surface area contributed by atoms with Gasteiger partial charge in [0.25, 0.3) is 0 Å². The minimum absolute atomic E-state index is 0.0217. The van der Waals surface area contributed by atoms with Crippen molar-refractivity contribution in [3.05, 3.63) is 24.3 Å². The van der Waals surface area contributed by atoms with E-state index >= 15 is 0 Å². The molecule has 10 unspecified atom stereocenters. The number of allylic oxidation sites excluding steroid dienone is 2. The van der Waals surface area contributed by atoms with Crippen LogP contribution in [0.2, 0.25) is 0 Å². The van der Waals surface area contributed by atoms with Crippen molar-refractivity contribution in [2.75, 3.05) is 19.8 Å². The second kappa shape index (κ2) is 8.36. The van der Waals surface area contributed by atoms with E-state index < -0.39 is 52.5 Å². The minimum Gasteiger partial charge on any atom is -0.463 e. The van der Waals surface area contributed by atoms with Crippen molar-refractivity contribution in [2.45, 2.75) is 88.2 Å². The highest BCUT2D eigenvalue weighted by Crippen LogP contribution is 2.75. The lowest BCUT2D eigenvalue weighted by molar-refractivity contribution is -0.252. The summed E-state index contributed by atoms with van der Waals surface area (Å²) in [5.41, 5.74) is -2.40. The lowest BCUT2D eigenvalue weighted by Gasteiger charge is -2.58. The van der Waals surface area contributed by atoms with Crippen LogP contribution in [0.4, 0.5) is 0 Å². The zero-order valence-electron chi connectivity index (χ0n) is 21.3. The van der Waals surface area contributed by atoms with Gasteiger partial charge in [-0.1, -0.05) is 26.0 Å². The summed E-state index contributed by atoms with van der Waals surface area (Å²) >= 11 is 0. The predicted octanol–water partition coefficient (Wildman–Crippen LogP) is 1.38. The molecule has 1 N–H and O–H groups in total. The van der Waals surface area contributed by atoms with Crippen molar-refractivity contribution < 1.29 is 47.9 Å². The van der Waals surface area contributed by atoms with Crippen LogP contribution in [0, 0.1) is 16.7 Å². The molecule has 2 bridgehead atoms. The molecule has 6 aliphatic rings. The molecule has 0 radical (unpaired) electrons. The summed E-state index contributed by atoms with van der Waals surface area (Å²) in [6, 6.07) is 0. The minimum atomic E-state index is -1.38. The van der Waals surface area contributed by atoms with Gasteiger partial charge in [-0.2, -0.15) is 0 Å². The fourth-order valence-corrected chi connectivity index (χ4v) is 7.36. The van der Waals surface area contributed by atoms with Gasteiger partial charge >= 0.3 is 17.9 Å². The van der Waals surface area contributed by atoms with Crippen LogP contribution in [0.15, 0.2) is 24.3 Å². The molecule has 2 spiro atoms. The standard InChI is InChI=1S/C27H34O10/c1-15-8-11-32-18(28)6-4-5-7-19(29)35-16-12-17-27(14-34-27)25(16,3)26(13-33-23(31)20(15)30)10-9-24(2)21(37-24)22(26)36-17/h4-7,15-17,20-22,30H,8-14H2,1-3H3/b6-4?,7-5+. The number of hydrogen-bond donors (Lipinski definition) is 1. The van der Waals surface area contributed by atoms with Gasteiger partial charge in [0, 0.05) is 24.0 Å². The van der Waals surface area contributed by atoms with Gasteiger partial charge in [-0.15, -0.1) is 0 Å². The number of hydrogen-bond acceptors (Lipinski definition) is 10. The third-order valence-corrected chi connectivity index (χ3v) is 10.0. The van der Waals surface area contributed by atoms with E-state index in [0.717, 1.165) is 6.42 Å². The highest BCUT2D eigenvalue weighted by atomic mass is 16.7. The first-order valence-electron chi connectivity index (χ1n) is 13.1. The van der Waals surface area contributed by atoms with Gasteiger partial charge in [0.2, 0.25) is 0 Å². The molecule has 3 saturated heterocycles.